The van der Waals surface area contributed by atoms with E-state index in [1.54, 1.807) is 12.1 Å². The number of halogens is 1. The number of benzene rings is 2. The van der Waals surface area contributed by atoms with Crippen LogP contribution in [0.1, 0.15) is 15.9 Å². The molecule has 24 heavy (non-hydrogen) atoms. The second kappa shape index (κ2) is 6.33. The number of hydrogen-bond donors (Lipinski definition) is 2. The average Bonchev–Trinajstić information content (AvgIpc) is 2.55. The van der Waals surface area contributed by atoms with Gasteiger partial charge in [0.05, 0.1) is 17.0 Å². The molecule has 8 heteroatoms. The lowest BCUT2D eigenvalue weighted by Crippen LogP contribution is -2.31. The molecule has 0 spiro atoms. The molecule has 2 N–H and O–H groups in total. The van der Waals surface area contributed by atoms with Crippen LogP contribution >= 0.6 is 11.6 Å². The molecule has 0 atom stereocenters. The standard InChI is InChI=1S/C16H15ClN2O4S/c1-23-15-5-4-12(9-14(15)17)24(21,22)19-11-3-2-10-6-7-18-16(20)13(10)8-11/h2-5,8-9,19H,6-7H2,1H3,(H,18,20). The molecule has 0 saturated heterocycles. The Balaban J connectivity index is 1.91. The zero-order chi connectivity index (χ0) is 17.3. The molecule has 0 saturated carbocycles. The maximum Gasteiger partial charge on any atom is 0.261 e. The van der Waals surface area contributed by atoms with Gasteiger partial charge in [0.15, 0.2) is 0 Å². The monoisotopic (exact) mass is 366 g/mol. The van der Waals surface area contributed by atoms with Crippen LogP contribution in [-0.4, -0.2) is 28.0 Å². The van der Waals surface area contributed by atoms with Gasteiger partial charge in [-0.1, -0.05) is 17.7 Å². The highest BCUT2D eigenvalue weighted by Crippen LogP contribution is 2.28. The minimum Gasteiger partial charge on any atom is -0.495 e. The van der Waals surface area contributed by atoms with E-state index in [1.807, 2.05) is 0 Å². The van der Waals surface area contributed by atoms with E-state index < -0.39 is 10.0 Å². The van der Waals surface area contributed by atoms with Gasteiger partial charge in [-0.15, -0.1) is 0 Å². The molecule has 0 unspecified atom stereocenters. The molecule has 2 aromatic carbocycles. The Morgan fingerprint density at radius 2 is 2.00 bits per heavy atom. The first-order valence-electron chi connectivity index (χ1n) is 7.18. The SMILES string of the molecule is COc1ccc(S(=O)(=O)Nc2ccc3c(c2)C(=O)NCC3)cc1Cl. The van der Waals surface area contributed by atoms with Gasteiger partial charge in [-0.3, -0.25) is 9.52 Å². The number of sulfonamides is 1. The van der Waals surface area contributed by atoms with Crippen LogP contribution in [0.25, 0.3) is 0 Å². The summed E-state index contributed by atoms with van der Waals surface area (Å²) < 4.78 is 32.5. The normalized spacial score (nSPS) is 13.8. The summed E-state index contributed by atoms with van der Waals surface area (Å²) >= 11 is 5.98. The van der Waals surface area contributed by atoms with Gasteiger partial charge in [0.25, 0.3) is 15.9 Å². The summed E-state index contributed by atoms with van der Waals surface area (Å²) in [4.78, 5) is 11.9. The van der Waals surface area contributed by atoms with E-state index in [0.29, 0.717) is 23.5 Å². The van der Waals surface area contributed by atoms with Gasteiger partial charge < -0.3 is 10.1 Å². The third kappa shape index (κ3) is 3.18. The first-order valence-corrected chi connectivity index (χ1v) is 9.04. The lowest BCUT2D eigenvalue weighted by molar-refractivity contribution is 0.0946. The molecular formula is C16H15ClN2O4S. The van der Waals surface area contributed by atoms with Crippen molar-refractivity contribution >= 4 is 33.2 Å². The van der Waals surface area contributed by atoms with Crippen molar-refractivity contribution in [2.75, 3.05) is 18.4 Å². The second-order valence-corrected chi connectivity index (χ2v) is 7.37. The Morgan fingerprint density at radius 1 is 1.21 bits per heavy atom. The van der Waals surface area contributed by atoms with Crippen molar-refractivity contribution in [3.63, 3.8) is 0 Å². The van der Waals surface area contributed by atoms with Crippen molar-refractivity contribution in [2.45, 2.75) is 11.3 Å². The lowest BCUT2D eigenvalue weighted by atomic mass is 10.00. The number of rotatable bonds is 4. The van der Waals surface area contributed by atoms with Gasteiger partial charge in [0.1, 0.15) is 5.75 Å². The second-order valence-electron chi connectivity index (χ2n) is 5.28. The Hall–Kier alpha value is -2.25. The van der Waals surface area contributed by atoms with E-state index in [0.717, 1.165) is 12.0 Å². The third-order valence-electron chi connectivity index (χ3n) is 3.72. The molecule has 0 bridgehead atoms. The summed E-state index contributed by atoms with van der Waals surface area (Å²) in [5.41, 5.74) is 1.70. The largest absolute Gasteiger partial charge is 0.495 e. The average molecular weight is 367 g/mol. The Labute approximate surface area is 144 Å². The summed E-state index contributed by atoms with van der Waals surface area (Å²) in [6.45, 7) is 0.585. The zero-order valence-corrected chi connectivity index (χ0v) is 14.4. The van der Waals surface area contributed by atoms with Crippen molar-refractivity contribution in [3.8, 4) is 5.75 Å². The molecule has 0 aromatic heterocycles. The maximum atomic E-state index is 12.5. The van der Waals surface area contributed by atoms with Crippen LogP contribution in [0.5, 0.6) is 5.75 Å². The molecule has 126 valence electrons. The molecule has 1 aliphatic heterocycles. The fraction of sp³-hybridized carbons (Fsp3) is 0.188. The first kappa shape index (κ1) is 16.6. The van der Waals surface area contributed by atoms with Gasteiger partial charge >= 0.3 is 0 Å². The smallest absolute Gasteiger partial charge is 0.261 e. The van der Waals surface area contributed by atoms with Gasteiger partial charge in [0.2, 0.25) is 0 Å². The molecule has 1 aliphatic rings. The number of fused-ring (bicyclic) bond motifs is 1. The highest BCUT2D eigenvalue weighted by Gasteiger charge is 2.20. The van der Waals surface area contributed by atoms with Crippen molar-refractivity contribution < 1.29 is 17.9 Å². The summed E-state index contributed by atoms with van der Waals surface area (Å²) in [6.07, 6.45) is 0.724. The maximum absolute atomic E-state index is 12.5. The topological polar surface area (TPSA) is 84.5 Å². The van der Waals surface area contributed by atoms with Crippen LogP contribution in [0.2, 0.25) is 5.02 Å². The van der Waals surface area contributed by atoms with Crippen LogP contribution in [0, 0.1) is 0 Å². The summed E-state index contributed by atoms with van der Waals surface area (Å²) in [5, 5.41) is 2.93. The van der Waals surface area contributed by atoms with Gasteiger partial charge in [-0.2, -0.15) is 0 Å². The van der Waals surface area contributed by atoms with Crippen LogP contribution in [-0.2, 0) is 16.4 Å². The highest BCUT2D eigenvalue weighted by molar-refractivity contribution is 7.92. The number of carbonyl (C=O) groups is 1. The predicted molar refractivity (Wildman–Crippen MR) is 91.3 cm³/mol. The quantitative estimate of drug-likeness (QED) is 0.870. The summed E-state index contributed by atoms with van der Waals surface area (Å²) in [5.74, 6) is 0.186. The van der Waals surface area contributed by atoms with Gasteiger partial charge in [0, 0.05) is 17.8 Å². The Kier molecular flexibility index (Phi) is 4.38. The van der Waals surface area contributed by atoms with E-state index >= 15 is 0 Å². The van der Waals surface area contributed by atoms with Crippen LogP contribution in [0.15, 0.2) is 41.3 Å². The van der Waals surface area contributed by atoms with Crippen molar-refractivity contribution in [2.24, 2.45) is 0 Å². The minimum atomic E-state index is -3.83. The Morgan fingerprint density at radius 3 is 2.71 bits per heavy atom. The molecule has 0 aliphatic carbocycles. The van der Waals surface area contributed by atoms with E-state index in [2.05, 4.69) is 10.0 Å². The molecular weight excluding hydrogens is 352 g/mol. The van der Waals surface area contributed by atoms with Crippen molar-refractivity contribution in [3.05, 3.63) is 52.5 Å². The lowest BCUT2D eigenvalue weighted by Gasteiger charge is -2.17. The number of carbonyl (C=O) groups excluding carboxylic acids is 1. The van der Waals surface area contributed by atoms with Crippen LogP contribution in [0.4, 0.5) is 5.69 Å². The zero-order valence-electron chi connectivity index (χ0n) is 12.8. The van der Waals surface area contributed by atoms with Crippen molar-refractivity contribution in [1.29, 1.82) is 0 Å². The molecule has 2 aromatic rings. The molecule has 0 radical (unpaired) electrons. The minimum absolute atomic E-state index is 0.00970. The summed E-state index contributed by atoms with van der Waals surface area (Å²) in [7, 11) is -2.38. The number of methoxy groups -OCH3 is 1. The van der Waals surface area contributed by atoms with E-state index in [-0.39, 0.29) is 15.8 Å². The number of ether oxygens (including phenoxy) is 1. The predicted octanol–water partition coefficient (Wildman–Crippen LogP) is 2.44. The first-order chi connectivity index (χ1) is 11.4. The van der Waals surface area contributed by atoms with Crippen molar-refractivity contribution in [1.82, 2.24) is 5.32 Å². The Bertz CT molecular complexity index is 912. The molecule has 0 fully saturated rings. The van der Waals surface area contributed by atoms with Crippen LogP contribution < -0.4 is 14.8 Å². The molecule has 3 rings (SSSR count). The van der Waals surface area contributed by atoms with Gasteiger partial charge in [-0.25, -0.2) is 8.42 Å². The number of nitrogens with one attached hydrogen (secondary N) is 2. The third-order valence-corrected chi connectivity index (χ3v) is 5.39. The fourth-order valence-corrected chi connectivity index (χ4v) is 3.90. The fourth-order valence-electron chi connectivity index (χ4n) is 2.50. The summed E-state index contributed by atoms with van der Waals surface area (Å²) in [6, 6.07) is 9.13. The van der Waals surface area contributed by atoms with Crippen LogP contribution in [0.3, 0.4) is 0 Å². The van der Waals surface area contributed by atoms with E-state index in [9.17, 15) is 13.2 Å². The molecule has 1 heterocycles. The highest BCUT2D eigenvalue weighted by atomic mass is 35.5. The van der Waals surface area contributed by atoms with E-state index in [4.69, 9.17) is 16.3 Å². The number of anilines is 1. The number of amides is 1. The molecule has 1 amide bonds. The van der Waals surface area contributed by atoms with Gasteiger partial charge in [-0.05, 0) is 42.3 Å². The molecule has 6 nitrogen and oxygen atoms in total. The van der Waals surface area contributed by atoms with E-state index in [1.165, 1.54) is 31.4 Å². The number of hydrogen-bond acceptors (Lipinski definition) is 4.